The van der Waals surface area contributed by atoms with Crippen LogP contribution in [0.3, 0.4) is 0 Å². The van der Waals surface area contributed by atoms with Crippen molar-refractivity contribution in [1.82, 2.24) is 25.3 Å². The summed E-state index contributed by atoms with van der Waals surface area (Å²) in [5.41, 5.74) is 3.16. The Morgan fingerprint density at radius 3 is 2.17 bits per heavy atom. The fourth-order valence-corrected chi connectivity index (χ4v) is 3.83. The third-order valence-electron chi connectivity index (χ3n) is 4.62. The lowest BCUT2D eigenvalue weighted by atomic mass is 10.1. The molecular formula is C21H20N6OS. The van der Waals surface area contributed by atoms with Crippen molar-refractivity contribution in [2.24, 2.45) is 0 Å². The van der Waals surface area contributed by atoms with Crippen LogP contribution in [0.2, 0.25) is 0 Å². The molecule has 4 heterocycles. The predicted octanol–water partition coefficient (Wildman–Crippen LogP) is 4.15. The molecule has 0 aromatic carbocycles. The van der Waals surface area contributed by atoms with Crippen LogP contribution < -0.4 is 10.6 Å². The van der Waals surface area contributed by atoms with Crippen molar-refractivity contribution in [3.05, 3.63) is 77.3 Å². The summed E-state index contributed by atoms with van der Waals surface area (Å²) in [5.74, 6) is 0.186. The first kappa shape index (κ1) is 18.9. The van der Waals surface area contributed by atoms with E-state index in [1.54, 1.807) is 24.8 Å². The van der Waals surface area contributed by atoms with E-state index in [1.807, 2.05) is 49.6 Å². The summed E-state index contributed by atoms with van der Waals surface area (Å²) in [6.45, 7) is 3.95. The molecule has 0 saturated heterocycles. The van der Waals surface area contributed by atoms with E-state index in [-0.39, 0.29) is 18.0 Å². The number of pyridine rings is 2. The zero-order chi connectivity index (χ0) is 20.2. The maximum absolute atomic E-state index is 13.0. The van der Waals surface area contributed by atoms with Crippen molar-refractivity contribution >= 4 is 33.4 Å². The van der Waals surface area contributed by atoms with E-state index < -0.39 is 0 Å². The minimum absolute atomic E-state index is 0.0271. The number of nitrogens with zero attached hydrogens (tertiary/aromatic N) is 4. The molecule has 8 heteroatoms. The highest BCUT2D eigenvalue weighted by Crippen LogP contribution is 2.26. The Bertz CT molecular complexity index is 1120. The first-order valence-corrected chi connectivity index (χ1v) is 10.1. The fourth-order valence-electron chi connectivity index (χ4n) is 3.01. The first-order valence-electron chi connectivity index (χ1n) is 9.24. The molecule has 1 amide bonds. The first-order chi connectivity index (χ1) is 14.1. The third-order valence-corrected chi connectivity index (χ3v) is 5.53. The van der Waals surface area contributed by atoms with Gasteiger partial charge in [0.1, 0.15) is 0 Å². The Hall–Kier alpha value is -3.39. The molecule has 146 valence electrons. The van der Waals surface area contributed by atoms with Crippen molar-refractivity contribution in [2.75, 3.05) is 5.32 Å². The third kappa shape index (κ3) is 4.22. The van der Waals surface area contributed by atoms with Crippen LogP contribution in [-0.4, -0.2) is 25.8 Å². The molecule has 4 aromatic heterocycles. The van der Waals surface area contributed by atoms with Crippen LogP contribution in [0, 0.1) is 0 Å². The molecule has 4 rings (SSSR count). The molecule has 0 aliphatic carbocycles. The van der Waals surface area contributed by atoms with E-state index in [0.717, 1.165) is 21.3 Å². The number of anilines is 1. The molecule has 4 aromatic rings. The highest BCUT2D eigenvalue weighted by molar-refractivity contribution is 7.17. The smallest absolute Gasteiger partial charge is 0.272 e. The Labute approximate surface area is 172 Å². The monoisotopic (exact) mass is 404 g/mol. The summed E-state index contributed by atoms with van der Waals surface area (Å²) in [6.07, 6.45) is 6.91. The van der Waals surface area contributed by atoms with E-state index in [1.165, 1.54) is 11.3 Å². The van der Waals surface area contributed by atoms with Gasteiger partial charge in [-0.05, 0) is 60.7 Å². The Balaban J connectivity index is 1.60. The van der Waals surface area contributed by atoms with E-state index in [4.69, 9.17) is 0 Å². The van der Waals surface area contributed by atoms with Gasteiger partial charge in [0.25, 0.3) is 5.91 Å². The largest absolute Gasteiger partial charge is 0.348 e. The SMILES string of the molecule is CC(Nc1nc(C(=O)N[C@@H](C)c2ccncc2)c2sccc2n1)c1ccncc1. The quantitative estimate of drug-likeness (QED) is 0.502. The highest BCUT2D eigenvalue weighted by atomic mass is 32.1. The second-order valence-electron chi connectivity index (χ2n) is 6.65. The van der Waals surface area contributed by atoms with Crippen molar-refractivity contribution < 1.29 is 4.79 Å². The molecule has 2 atom stereocenters. The number of hydrogen-bond donors (Lipinski definition) is 2. The second kappa shape index (κ2) is 8.32. The Kier molecular flexibility index (Phi) is 5.44. The minimum Gasteiger partial charge on any atom is -0.348 e. The number of nitrogens with one attached hydrogen (secondary N) is 2. The van der Waals surface area contributed by atoms with Crippen LogP contribution in [-0.2, 0) is 0 Å². The predicted molar refractivity (Wildman–Crippen MR) is 114 cm³/mol. The summed E-state index contributed by atoms with van der Waals surface area (Å²) in [5, 5.41) is 8.22. The molecule has 0 fully saturated rings. The lowest BCUT2D eigenvalue weighted by Gasteiger charge is -2.16. The number of amides is 1. The summed E-state index contributed by atoms with van der Waals surface area (Å²) < 4.78 is 0.770. The number of carbonyl (C=O) groups is 1. The molecular weight excluding hydrogens is 384 g/mol. The Morgan fingerprint density at radius 2 is 1.52 bits per heavy atom. The van der Waals surface area contributed by atoms with Crippen LogP contribution in [0.1, 0.15) is 47.5 Å². The van der Waals surface area contributed by atoms with Crippen LogP contribution in [0.4, 0.5) is 5.95 Å². The van der Waals surface area contributed by atoms with Crippen LogP contribution in [0.25, 0.3) is 10.2 Å². The Morgan fingerprint density at radius 1 is 0.897 bits per heavy atom. The maximum Gasteiger partial charge on any atom is 0.272 e. The highest BCUT2D eigenvalue weighted by Gasteiger charge is 2.19. The molecule has 1 unspecified atom stereocenters. The number of carbonyl (C=O) groups excluding carboxylic acids is 1. The zero-order valence-electron chi connectivity index (χ0n) is 16.0. The molecule has 0 aliphatic heterocycles. The molecule has 0 saturated carbocycles. The maximum atomic E-state index is 13.0. The molecule has 0 spiro atoms. The normalized spacial score (nSPS) is 13.0. The van der Waals surface area contributed by atoms with E-state index >= 15 is 0 Å². The van der Waals surface area contributed by atoms with Crippen molar-refractivity contribution in [2.45, 2.75) is 25.9 Å². The van der Waals surface area contributed by atoms with Gasteiger partial charge in [-0.3, -0.25) is 14.8 Å². The standard InChI is InChI=1S/C21H20N6OS/c1-13(15-3-8-22-9-4-15)24-20(28)18-19-17(7-12-29-19)26-21(27-18)25-14(2)16-5-10-23-11-6-16/h3-14H,1-2H3,(H,24,28)(H,25,26,27)/t13-,14?/m0/s1. The van der Waals surface area contributed by atoms with Gasteiger partial charge in [-0.15, -0.1) is 11.3 Å². The summed E-state index contributed by atoms with van der Waals surface area (Å²) in [4.78, 5) is 30.2. The molecule has 0 bridgehead atoms. The van der Waals surface area contributed by atoms with Crippen molar-refractivity contribution in [1.29, 1.82) is 0 Å². The summed E-state index contributed by atoms with van der Waals surface area (Å²) in [6, 6.07) is 9.34. The van der Waals surface area contributed by atoms with E-state index in [9.17, 15) is 4.79 Å². The van der Waals surface area contributed by atoms with Gasteiger partial charge in [0.2, 0.25) is 5.95 Å². The van der Waals surface area contributed by atoms with Crippen molar-refractivity contribution in [3.8, 4) is 0 Å². The number of aromatic nitrogens is 4. The van der Waals surface area contributed by atoms with Crippen LogP contribution in [0.5, 0.6) is 0 Å². The number of thiophene rings is 1. The van der Waals surface area contributed by atoms with Crippen molar-refractivity contribution in [3.63, 3.8) is 0 Å². The van der Waals surface area contributed by atoms with Gasteiger partial charge in [0, 0.05) is 24.8 Å². The average Bonchev–Trinajstić information content (AvgIpc) is 3.23. The van der Waals surface area contributed by atoms with E-state index in [2.05, 4.69) is 30.6 Å². The van der Waals surface area contributed by atoms with Gasteiger partial charge in [0.15, 0.2) is 5.69 Å². The second-order valence-corrected chi connectivity index (χ2v) is 7.57. The lowest BCUT2D eigenvalue weighted by Crippen LogP contribution is -2.28. The van der Waals surface area contributed by atoms with Gasteiger partial charge in [-0.25, -0.2) is 9.97 Å². The molecule has 2 N–H and O–H groups in total. The fraction of sp³-hybridized carbons (Fsp3) is 0.190. The topological polar surface area (TPSA) is 92.7 Å². The summed E-state index contributed by atoms with van der Waals surface area (Å²) in [7, 11) is 0. The molecule has 7 nitrogen and oxygen atoms in total. The number of fused-ring (bicyclic) bond motifs is 1. The molecule has 0 radical (unpaired) electrons. The van der Waals surface area contributed by atoms with E-state index in [0.29, 0.717) is 11.6 Å². The van der Waals surface area contributed by atoms with Gasteiger partial charge in [-0.2, -0.15) is 0 Å². The summed E-state index contributed by atoms with van der Waals surface area (Å²) >= 11 is 1.46. The van der Waals surface area contributed by atoms with Crippen LogP contribution >= 0.6 is 11.3 Å². The van der Waals surface area contributed by atoms with Gasteiger partial charge in [-0.1, -0.05) is 0 Å². The number of hydrogen-bond acceptors (Lipinski definition) is 7. The number of rotatable bonds is 6. The van der Waals surface area contributed by atoms with Gasteiger partial charge < -0.3 is 10.6 Å². The van der Waals surface area contributed by atoms with Gasteiger partial charge in [0.05, 0.1) is 22.3 Å². The molecule has 29 heavy (non-hydrogen) atoms. The van der Waals surface area contributed by atoms with Crippen LogP contribution in [0.15, 0.2) is 60.5 Å². The van der Waals surface area contributed by atoms with Gasteiger partial charge >= 0.3 is 0 Å². The minimum atomic E-state index is -0.233. The zero-order valence-corrected chi connectivity index (χ0v) is 16.9. The average molecular weight is 404 g/mol. The lowest BCUT2D eigenvalue weighted by molar-refractivity contribution is 0.0937. The molecule has 0 aliphatic rings.